The van der Waals surface area contributed by atoms with Crippen molar-refractivity contribution in [3.8, 4) is 11.5 Å². The van der Waals surface area contributed by atoms with Gasteiger partial charge in [-0.2, -0.15) is 0 Å². The van der Waals surface area contributed by atoms with Gasteiger partial charge < -0.3 is 14.9 Å². The second kappa shape index (κ2) is 4.96. The number of hydrogen-bond acceptors (Lipinski definition) is 3. The molecule has 0 aromatic heterocycles. The number of ether oxygens (including phenoxy) is 1. The van der Waals surface area contributed by atoms with Crippen LogP contribution in [0.1, 0.15) is 39.9 Å². The summed E-state index contributed by atoms with van der Waals surface area (Å²) < 4.78 is 5.92. The van der Waals surface area contributed by atoms with Gasteiger partial charge in [0.25, 0.3) is 0 Å². The van der Waals surface area contributed by atoms with Crippen LogP contribution in [0.2, 0.25) is 0 Å². The molecule has 1 aromatic rings. The molecule has 0 saturated carbocycles. The van der Waals surface area contributed by atoms with Crippen LogP contribution in [0.5, 0.6) is 11.5 Å². The molecule has 19 heavy (non-hydrogen) atoms. The standard InChI is InChI=1S/C15H18O4/c1-8-9(2)14(19-11-6-4-5-7-11)10(3)13(16)12(8)15(17)18/h4-5,11,16H,6-7H2,1-3H3,(H,17,18). The molecule has 0 amide bonds. The number of rotatable bonds is 3. The zero-order valence-corrected chi connectivity index (χ0v) is 11.4. The molecule has 1 aliphatic carbocycles. The van der Waals surface area contributed by atoms with E-state index in [-0.39, 0.29) is 17.4 Å². The van der Waals surface area contributed by atoms with Gasteiger partial charge in [0, 0.05) is 18.4 Å². The molecule has 0 radical (unpaired) electrons. The van der Waals surface area contributed by atoms with E-state index in [4.69, 9.17) is 9.84 Å². The Morgan fingerprint density at radius 3 is 2.26 bits per heavy atom. The lowest BCUT2D eigenvalue weighted by Crippen LogP contribution is -2.15. The Bertz CT molecular complexity index is 521. The largest absolute Gasteiger partial charge is 0.507 e. The van der Waals surface area contributed by atoms with Crippen molar-refractivity contribution in [1.29, 1.82) is 0 Å². The lowest BCUT2D eigenvalue weighted by atomic mass is 9.97. The van der Waals surface area contributed by atoms with Gasteiger partial charge in [-0.05, 0) is 31.9 Å². The Morgan fingerprint density at radius 1 is 1.16 bits per heavy atom. The molecule has 1 aliphatic rings. The van der Waals surface area contributed by atoms with Gasteiger partial charge in [0.1, 0.15) is 23.2 Å². The number of carboxylic acid groups (broad SMARTS) is 1. The van der Waals surface area contributed by atoms with Gasteiger partial charge >= 0.3 is 5.97 Å². The van der Waals surface area contributed by atoms with E-state index >= 15 is 0 Å². The molecule has 0 fully saturated rings. The van der Waals surface area contributed by atoms with E-state index in [0.29, 0.717) is 16.9 Å². The second-order valence-electron chi connectivity index (χ2n) is 4.92. The quantitative estimate of drug-likeness (QED) is 0.821. The molecule has 1 aromatic carbocycles. The summed E-state index contributed by atoms with van der Waals surface area (Å²) in [6.45, 7) is 5.20. The zero-order chi connectivity index (χ0) is 14.2. The summed E-state index contributed by atoms with van der Waals surface area (Å²) in [5.74, 6) is -0.708. The number of benzene rings is 1. The van der Waals surface area contributed by atoms with Crippen LogP contribution >= 0.6 is 0 Å². The highest BCUT2D eigenvalue weighted by Crippen LogP contribution is 2.38. The Hall–Kier alpha value is -1.97. The summed E-state index contributed by atoms with van der Waals surface area (Å²) in [7, 11) is 0. The first-order valence-electron chi connectivity index (χ1n) is 6.31. The fourth-order valence-corrected chi connectivity index (χ4v) is 2.41. The van der Waals surface area contributed by atoms with Gasteiger partial charge in [0.2, 0.25) is 0 Å². The average molecular weight is 262 g/mol. The van der Waals surface area contributed by atoms with Crippen molar-refractivity contribution in [2.45, 2.75) is 39.7 Å². The van der Waals surface area contributed by atoms with Gasteiger partial charge in [-0.25, -0.2) is 4.79 Å². The number of carboxylic acids is 1. The maximum absolute atomic E-state index is 11.2. The molecule has 2 N–H and O–H groups in total. The van der Waals surface area contributed by atoms with E-state index in [1.807, 2.05) is 6.92 Å². The third kappa shape index (κ3) is 2.30. The van der Waals surface area contributed by atoms with Gasteiger partial charge in [-0.15, -0.1) is 0 Å². The molecule has 0 spiro atoms. The summed E-state index contributed by atoms with van der Waals surface area (Å²) in [6, 6.07) is 0. The van der Waals surface area contributed by atoms with Crippen molar-refractivity contribution in [2.75, 3.05) is 0 Å². The number of phenols is 1. The predicted octanol–water partition coefficient (Wildman–Crippen LogP) is 3.11. The first-order chi connectivity index (χ1) is 8.93. The van der Waals surface area contributed by atoms with Crippen LogP contribution in [0.4, 0.5) is 0 Å². The fraction of sp³-hybridized carbons (Fsp3) is 0.400. The fourth-order valence-electron chi connectivity index (χ4n) is 2.41. The summed E-state index contributed by atoms with van der Waals surface area (Å²) in [5.41, 5.74) is 1.79. The second-order valence-corrected chi connectivity index (χ2v) is 4.92. The molecule has 0 unspecified atom stereocenters. The highest BCUT2D eigenvalue weighted by atomic mass is 16.5. The first kappa shape index (κ1) is 13.5. The molecule has 0 atom stereocenters. The van der Waals surface area contributed by atoms with Crippen molar-refractivity contribution in [2.24, 2.45) is 0 Å². The SMILES string of the molecule is Cc1c(C)c(C(=O)O)c(O)c(C)c1OC1CC=CC1. The van der Waals surface area contributed by atoms with Crippen LogP contribution in [0.25, 0.3) is 0 Å². The van der Waals surface area contributed by atoms with Gasteiger partial charge in [0.05, 0.1) is 0 Å². The predicted molar refractivity (Wildman–Crippen MR) is 72.1 cm³/mol. The van der Waals surface area contributed by atoms with Crippen LogP contribution in [0, 0.1) is 20.8 Å². The van der Waals surface area contributed by atoms with Crippen molar-refractivity contribution in [1.82, 2.24) is 0 Å². The lowest BCUT2D eigenvalue weighted by molar-refractivity contribution is 0.0692. The molecule has 4 heteroatoms. The number of hydrogen-bond donors (Lipinski definition) is 2. The monoisotopic (exact) mass is 262 g/mol. The Labute approximate surface area is 112 Å². The van der Waals surface area contributed by atoms with E-state index in [9.17, 15) is 9.90 Å². The van der Waals surface area contributed by atoms with Gasteiger partial charge in [-0.3, -0.25) is 0 Å². The van der Waals surface area contributed by atoms with Crippen LogP contribution in [0.15, 0.2) is 12.2 Å². The van der Waals surface area contributed by atoms with E-state index < -0.39 is 5.97 Å². The summed E-state index contributed by atoms with van der Waals surface area (Å²) >= 11 is 0. The van der Waals surface area contributed by atoms with Crippen LogP contribution in [-0.2, 0) is 0 Å². The molecule has 0 aliphatic heterocycles. The topological polar surface area (TPSA) is 66.8 Å². The third-order valence-electron chi connectivity index (χ3n) is 3.67. The molecular weight excluding hydrogens is 244 g/mol. The molecule has 0 saturated heterocycles. The van der Waals surface area contributed by atoms with Crippen molar-refractivity contribution >= 4 is 5.97 Å². The normalized spacial score (nSPS) is 14.9. The van der Waals surface area contributed by atoms with Crippen molar-refractivity contribution < 1.29 is 19.7 Å². The zero-order valence-electron chi connectivity index (χ0n) is 11.4. The Kier molecular flexibility index (Phi) is 3.51. The Morgan fingerprint density at radius 2 is 1.74 bits per heavy atom. The summed E-state index contributed by atoms with van der Waals surface area (Å²) in [4.78, 5) is 11.2. The van der Waals surface area contributed by atoms with E-state index in [2.05, 4.69) is 12.2 Å². The van der Waals surface area contributed by atoms with Gasteiger partial charge in [0.15, 0.2) is 0 Å². The smallest absolute Gasteiger partial charge is 0.339 e. The number of aromatic hydroxyl groups is 1. The molecule has 0 heterocycles. The molecule has 4 nitrogen and oxygen atoms in total. The molecular formula is C15H18O4. The number of aromatic carboxylic acids is 1. The maximum Gasteiger partial charge on any atom is 0.339 e. The van der Waals surface area contributed by atoms with Crippen molar-refractivity contribution in [3.05, 3.63) is 34.4 Å². The highest BCUT2D eigenvalue weighted by Gasteiger charge is 2.24. The number of carbonyl (C=O) groups is 1. The van der Waals surface area contributed by atoms with Crippen LogP contribution in [-0.4, -0.2) is 22.3 Å². The molecule has 2 rings (SSSR count). The summed E-state index contributed by atoms with van der Waals surface area (Å²) in [5, 5.41) is 19.2. The lowest BCUT2D eigenvalue weighted by Gasteiger charge is -2.21. The summed E-state index contributed by atoms with van der Waals surface area (Å²) in [6.07, 6.45) is 5.90. The minimum absolute atomic E-state index is 0.0353. The van der Waals surface area contributed by atoms with E-state index in [0.717, 1.165) is 18.4 Å². The van der Waals surface area contributed by atoms with Gasteiger partial charge in [-0.1, -0.05) is 12.2 Å². The van der Waals surface area contributed by atoms with Crippen LogP contribution < -0.4 is 4.74 Å². The van der Waals surface area contributed by atoms with Crippen molar-refractivity contribution in [3.63, 3.8) is 0 Å². The average Bonchev–Trinajstić information content (AvgIpc) is 2.85. The first-order valence-corrected chi connectivity index (χ1v) is 6.31. The molecule has 0 bridgehead atoms. The minimum Gasteiger partial charge on any atom is -0.507 e. The molecule has 102 valence electrons. The van der Waals surface area contributed by atoms with E-state index in [1.54, 1.807) is 13.8 Å². The minimum atomic E-state index is -1.12. The Balaban J connectivity index is 2.47. The maximum atomic E-state index is 11.2. The van der Waals surface area contributed by atoms with Crippen LogP contribution in [0.3, 0.4) is 0 Å². The highest BCUT2D eigenvalue weighted by molar-refractivity contribution is 5.94. The van der Waals surface area contributed by atoms with E-state index in [1.165, 1.54) is 0 Å². The third-order valence-corrected chi connectivity index (χ3v) is 3.67.